The van der Waals surface area contributed by atoms with Crippen LogP contribution < -0.4 is 0 Å². The third-order valence-corrected chi connectivity index (χ3v) is 4.93. The molecule has 2 rings (SSSR count). The molecule has 0 spiro atoms. The predicted molar refractivity (Wildman–Crippen MR) is 68.2 cm³/mol. The van der Waals surface area contributed by atoms with Gasteiger partial charge in [0.25, 0.3) is 0 Å². The summed E-state index contributed by atoms with van der Waals surface area (Å²) < 4.78 is 0. The van der Waals surface area contributed by atoms with Crippen LogP contribution in [0.4, 0.5) is 0 Å². The molecule has 2 aliphatic carbocycles. The number of rotatable bonds is 1. The fraction of sp³-hybridized carbons (Fsp3) is 0.733. The van der Waals surface area contributed by atoms with Crippen LogP contribution in [0.5, 0.6) is 0 Å². The summed E-state index contributed by atoms with van der Waals surface area (Å²) >= 11 is 0. The molecular weight excluding hydrogens is 196 g/mol. The summed E-state index contributed by atoms with van der Waals surface area (Å²) in [5.41, 5.74) is 4.78. The molecule has 0 unspecified atom stereocenters. The summed E-state index contributed by atoms with van der Waals surface area (Å²) in [5, 5.41) is 9.26. The lowest BCUT2D eigenvalue weighted by Crippen LogP contribution is -2.34. The maximum atomic E-state index is 9.26. The van der Waals surface area contributed by atoms with Crippen molar-refractivity contribution in [3.63, 3.8) is 0 Å². The molecule has 1 fully saturated rings. The normalized spacial score (nSPS) is 37.8. The lowest BCUT2D eigenvalue weighted by atomic mass is 9.59. The Hall–Kier alpha value is -0.560. The summed E-state index contributed by atoms with van der Waals surface area (Å²) in [7, 11) is 0. The molecule has 0 aromatic heterocycles. The van der Waals surface area contributed by atoms with Crippen LogP contribution >= 0.6 is 0 Å². The lowest BCUT2D eigenvalue weighted by molar-refractivity contribution is 0.202. The van der Waals surface area contributed by atoms with Gasteiger partial charge in [0.05, 0.1) is 6.61 Å². The van der Waals surface area contributed by atoms with E-state index in [4.69, 9.17) is 0 Å². The van der Waals surface area contributed by atoms with Gasteiger partial charge in [0.15, 0.2) is 0 Å². The summed E-state index contributed by atoms with van der Waals surface area (Å²) in [5.74, 6) is 0.786. The standard InChI is InChI=1S/C15H24O/c1-11(10-16)13-7-8-14-6-4-5-12(2)15(14,3)9-13/h6,12,16H,4-5,7-10H2,1-3H3/t12-,15+/m1/s1. The van der Waals surface area contributed by atoms with Gasteiger partial charge in [0, 0.05) is 0 Å². The van der Waals surface area contributed by atoms with E-state index in [1.807, 2.05) is 0 Å². The van der Waals surface area contributed by atoms with E-state index in [1.54, 1.807) is 5.57 Å². The molecule has 0 aromatic rings. The highest BCUT2D eigenvalue weighted by molar-refractivity contribution is 5.30. The summed E-state index contributed by atoms with van der Waals surface area (Å²) in [6.45, 7) is 7.14. The van der Waals surface area contributed by atoms with Gasteiger partial charge in [0.2, 0.25) is 0 Å². The molecule has 0 radical (unpaired) electrons. The van der Waals surface area contributed by atoms with E-state index in [2.05, 4.69) is 26.8 Å². The first-order chi connectivity index (χ1) is 7.58. The quantitative estimate of drug-likeness (QED) is 0.666. The van der Waals surface area contributed by atoms with Crippen LogP contribution in [0.3, 0.4) is 0 Å². The monoisotopic (exact) mass is 220 g/mol. The van der Waals surface area contributed by atoms with Crippen LogP contribution in [-0.4, -0.2) is 11.7 Å². The molecule has 0 amide bonds. The number of allylic oxidation sites excluding steroid dienone is 3. The van der Waals surface area contributed by atoms with Gasteiger partial charge in [0.1, 0.15) is 0 Å². The molecule has 2 atom stereocenters. The van der Waals surface area contributed by atoms with Crippen molar-refractivity contribution in [2.75, 3.05) is 6.61 Å². The zero-order chi connectivity index (χ0) is 11.8. The van der Waals surface area contributed by atoms with Crippen molar-refractivity contribution in [2.45, 2.75) is 52.9 Å². The van der Waals surface area contributed by atoms with Crippen LogP contribution in [0.25, 0.3) is 0 Å². The van der Waals surface area contributed by atoms with Crippen molar-refractivity contribution in [3.05, 3.63) is 22.8 Å². The van der Waals surface area contributed by atoms with E-state index in [1.165, 1.54) is 43.3 Å². The van der Waals surface area contributed by atoms with Crippen LogP contribution in [-0.2, 0) is 0 Å². The van der Waals surface area contributed by atoms with E-state index >= 15 is 0 Å². The van der Waals surface area contributed by atoms with Crippen LogP contribution in [0, 0.1) is 11.3 Å². The topological polar surface area (TPSA) is 20.2 Å². The fourth-order valence-corrected chi connectivity index (χ4v) is 3.34. The van der Waals surface area contributed by atoms with Gasteiger partial charge in [-0.15, -0.1) is 0 Å². The number of hydrogen-bond acceptors (Lipinski definition) is 1. The Labute approximate surface area is 99.3 Å². The molecule has 0 saturated heterocycles. The smallest absolute Gasteiger partial charge is 0.0641 e. The van der Waals surface area contributed by atoms with E-state index in [0.717, 1.165) is 5.92 Å². The Morgan fingerprint density at radius 2 is 2.25 bits per heavy atom. The molecule has 0 aromatic carbocycles. The molecule has 1 heteroatoms. The maximum Gasteiger partial charge on any atom is 0.0641 e. The number of fused-ring (bicyclic) bond motifs is 1. The van der Waals surface area contributed by atoms with Crippen LogP contribution in [0.15, 0.2) is 22.8 Å². The average Bonchev–Trinajstić information content (AvgIpc) is 2.29. The minimum absolute atomic E-state index is 0.235. The van der Waals surface area contributed by atoms with Gasteiger partial charge in [-0.25, -0.2) is 0 Å². The highest BCUT2D eigenvalue weighted by Crippen LogP contribution is 2.52. The molecule has 1 N–H and O–H groups in total. The van der Waals surface area contributed by atoms with E-state index in [-0.39, 0.29) is 6.61 Å². The first-order valence-corrected chi connectivity index (χ1v) is 6.56. The third-order valence-electron chi connectivity index (χ3n) is 4.93. The van der Waals surface area contributed by atoms with Gasteiger partial charge in [-0.2, -0.15) is 0 Å². The van der Waals surface area contributed by atoms with E-state index < -0.39 is 0 Å². The van der Waals surface area contributed by atoms with Gasteiger partial charge >= 0.3 is 0 Å². The highest BCUT2D eigenvalue weighted by atomic mass is 16.3. The first kappa shape index (κ1) is 11.9. The zero-order valence-corrected chi connectivity index (χ0v) is 10.8. The van der Waals surface area contributed by atoms with Crippen molar-refractivity contribution in [3.8, 4) is 0 Å². The second kappa shape index (κ2) is 4.37. The molecular formula is C15H24O. The molecule has 90 valence electrons. The molecule has 1 nitrogen and oxygen atoms in total. The zero-order valence-electron chi connectivity index (χ0n) is 10.8. The predicted octanol–water partition coefficient (Wildman–Crippen LogP) is 3.84. The minimum Gasteiger partial charge on any atom is -0.392 e. The molecule has 2 aliphatic rings. The van der Waals surface area contributed by atoms with Crippen molar-refractivity contribution in [1.82, 2.24) is 0 Å². The molecule has 16 heavy (non-hydrogen) atoms. The number of aliphatic hydroxyl groups excluding tert-OH is 1. The highest BCUT2D eigenvalue weighted by Gasteiger charge is 2.39. The van der Waals surface area contributed by atoms with Crippen molar-refractivity contribution in [1.29, 1.82) is 0 Å². The summed E-state index contributed by atoms with van der Waals surface area (Å²) in [6, 6.07) is 0. The Morgan fingerprint density at radius 1 is 1.50 bits per heavy atom. The third kappa shape index (κ3) is 1.86. The molecule has 1 saturated carbocycles. The van der Waals surface area contributed by atoms with Gasteiger partial charge in [-0.05, 0) is 55.9 Å². The Morgan fingerprint density at radius 3 is 2.94 bits per heavy atom. The summed E-state index contributed by atoms with van der Waals surface area (Å²) in [4.78, 5) is 0. The minimum atomic E-state index is 0.235. The summed E-state index contributed by atoms with van der Waals surface area (Å²) in [6.07, 6.45) is 8.63. The van der Waals surface area contributed by atoms with Crippen LogP contribution in [0.1, 0.15) is 52.9 Å². The largest absolute Gasteiger partial charge is 0.392 e. The van der Waals surface area contributed by atoms with E-state index in [0.29, 0.717) is 5.41 Å². The molecule has 0 bridgehead atoms. The Bertz CT molecular complexity index is 337. The molecule has 0 heterocycles. The van der Waals surface area contributed by atoms with Crippen LogP contribution in [0.2, 0.25) is 0 Å². The molecule has 0 aliphatic heterocycles. The average molecular weight is 220 g/mol. The van der Waals surface area contributed by atoms with Gasteiger partial charge in [-0.1, -0.05) is 31.1 Å². The van der Waals surface area contributed by atoms with Crippen molar-refractivity contribution < 1.29 is 5.11 Å². The lowest BCUT2D eigenvalue weighted by Gasteiger charge is -2.45. The SMILES string of the molecule is CC(CO)=C1CCC2=CCC[C@@H](C)[C@]2(C)C1. The van der Waals surface area contributed by atoms with Gasteiger partial charge in [-0.3, -0.25) is 0 Å². The van der Waals surface area contributed by atoms with Gasteiger partial charge < -0.3 is 5.11 Å². The maximum absolute atomic E-state index is 9.26. The number of hydrogen-bond donors (Lipinski definition) is 1. The van der Waals surface area contributed by atoms with Crippen molar-refractivity contribution >= 4 is 0 Å². The second-order valence-corrected chi connectivity index (χ2v) is 5.84. The first-order valence-electron chi connectivity index (χ1n) is 6.56. The fourth-order valence-electron chi connectivity index (χ4n) is 3.34. The number of aliphatic hydroxyl groups is 1. The Kier molecular flexibility index (Phi) is 3.25. The van der Waals surface area contributed by atoms with Crippen molar-refractivity contribution in [2.24, 2.45) is 11.3 Å². The van der Waals surface area contributed by atoms with E-state index in [9.17, 15) is 5.11 Å². The second-order valence-electron chi connectivity index (χ2n) is 5.84. The Balaban J connectivity index is 2.29.